The molecule has 6 heteroatoms. The molecule has 0 saturated carbocycles. The summed E-state index contributed by atoms with van der Waals surface area (Å²) in [5.41, 5.74) is 1.50. The van der Waals surface area contributed by atoms with Crippen molar-refractivity contribution in [2.24, 2.45) is 0 Å². The van der Waals surface area contributed by atoms with Gasteiger partial charge in [-0.05, 0) is 23.3 Å². The number of rotatable bonds is 5. The van der Waals surface area contributed by atoms with Crippen LogP contribution in [0.2, 0.25) is 10.0 Å². The number of nitrogens with one attached hydrogen (secondary N) is 1. The van der Waals surface area contributed by atoms with E-state index in [2.05, 4.69) is 4.72 Å². The Morgan fingerprint density at radius 1 is 0.900 bits per heavy atom. The topological polar surface area (TPSA) is 46.2 Å². The SMILES string of the molecule is O=S(=O)(Cc1ccc(Cl)c(Cl)c1)NCc1ccccc1. The van der Waals surface area contributed by atoms with E-state index in [1.165, 1.54) is 0 Å². The van der Waals surface area contributed by atoms with E-state index in [-0.39, 0.29) is 12.3 Å². The van der Waals surface area contributed by atoms with E-state index in [0.29, 0.717) is 15.6 Å². The Labute approximate surface area is 128 Å². The maximum atomic E-state index is 12.0. The molecule has 0 aliphatic rings. The smallest absolute Gasteiger partial charge is 0.212 e. The summed E-state index contributed by atoms with van der Waals surface area (Å²) < 4.78 is 26.5. The van der Waals surface area contributed by atoms with Gasteiger partial charge >= 0.3 is 0 Å². The number of benzene rings is 2. The molecule has 0 fully saturated rings. The Kier molecular flexibility index (Phi) is 5.05. The molecule has 0 radical (unpaired) electrons. The molecule has 0 aromatic heterocycles. The van der Waals surface area contributed by atoms with Gasteiger partial charge < -0.3 is 0 Å². The van der Waals surface area contributed by atoms with Gasteiger partial charge in [0, 0.05) is 6.54 Å². The summed E-state index contributed by atoms with van der Waals surface area (Å²) in [5, 5.41) is 0.757. The fourth-order valence-electron chi connectivity index (χ4n) is 1.69. The zero-order chi connectivity index (χ0) is 14.6. The molecule has 3 nitrogen and oxygen atoms in total. The van der Waals surface area contributed by atoms with Crippen LogP contribution in [0.5, 0.6) is 0 Å². The molecular formula is C14H13Cl2NO2S. The first-order valence-corrected chi connectivity index (χ1v) is 8.32. The Morgan fingerprint density at radius 3 is 2.25 bits per heavy atom. The molecule has 0 saturated heterocycles. The second-order valence-electron chi connectivity index (χ2n) is 4.31. The van der Waals surface area contributed by atoms with Gasteiger partial charge in [-0.1, -0.05) is 59.6 Å². The summed E-state index contributed by atoms with van der Waals surface area (Å²) in [4.78, 5) is 0. The normalized spacial score (nSPS) is 11.5. The third-order valence-corrected chi connectivity index (χ3v) is 4.72. The molecule has 0 spiro atoms. The van der Waals surface area contributed by atoms with Gasteiger partial charge in [-0.25, -0.2) is 13.1 Å². The van der Waals surface area contributed by atoms with Gasteiger partial charge in [0.2, 0.25) is 10.0 Å². The molecule has 2 aromatic rings. The minimum absolute atomic E-state index is 0.128. The van der Waals surface area contributed by atoms with Crippen LogP contribution < -0.4 is 4.72 Å². The number of sulfonamides is 1. The lowest BCUT2D eigenvalue weighted by Gasteiger charge is -2.07. The highest BCUT2D eigenvalue weighted by Gasteiger charge is 2.12. The summed E-state index contributed by atoms with van der Waals surface area (Å²) >= 11 is 11.7. The molecule has 0 unspecified atom stereocenters. The maximum absolute atomic E-state index is 12.0. The summed E-state index contributed by atoms with van der Waals surface area (Å²) in [6, 6.07) is 14.1. The van der Waals surface area contributed by atoms with Crippen LogP contribution in [0, 0.1) is 0 Å². The van der Waals surface area contributed by atoms with Gasteiger partial charge in [0.1, 0.15) is 0 Å². The highest BCUT2D eigenvalue weighted by atomic mass is 35.5. The van der Waals surface area contributed by atoms with Gasteiger partial charge in [-0.3, -0.25) is 0 Å². The third-order valence-electron chi connectivity index (χ3n) is 2.68. The quantitative estimate of drug-likeness (QED) is 0.910. The van der Waals surface area contributed by atoms with E-state index in [1.54, 1.807) is 18.2 Å². The molecule has 0 aliphatic heterocycles. The van der Waals surface area contributed by atoms with Crippen molar-refractivity contribution >= 4 is 33.2 Å². The van der Waals surface area contributed by atoms with Gasteiger partial charge in [0.25, 0.3) is 0 Å². The molecule has 0 aliphatic carbocycles. The first-order valence-electron chi connectivity index (χ1n) is 5.91. The summed E-state index contributed by atoms with van der Waals surface area (Å²) in [5.74, 6) is -0.128. The standard InChI is InChI=1S/C14H13Cl2NO2S/c15-13-7-6-12(8-14(13)16)10-20(18,19)17-9-11-4-2-1-3-5-11/h1-8,17H,9-10H2. The van der Waals surface area contributed by atoms with Crippen LogP contribution in [-0.2, 0) is 22.3 Å². The summed E-state index contributed by atoms with van der Waals surface area (Å²) in [6.45, 7) is 0.268. The highest BCUT2D eigenvalue weighted by molar-refractivity contribution is 7.88. The van der Waals surface area contributed by atoms with E-state index in [9.17, 15) is 8.42 Å². The molecule has 1 N–H and O–H groups in total. The Hall–Kier alpha value is -1.07. The predicted octanol–water partition coefficient (Wildman–Crippen LogP) is 3.61. The molecule has 20 heavy (non-hydrogen) atoms. The average Bonchev–Trinajstić information content (AvgIpc) is 2.42. The Morgan fingerprint density at radius 2 is 1.60 bits per heavy atom. The molecular weight excluding hydrogens is 317 g/mol. The van der Waals surface area contributed by atoms with Gasteiger partial charge in [0.05, 0.1) is 15.8 Å². The Balaban J connectivity index is 2.02. The van der Waals surface area contributed by atoms with Crippen molar-refractivity contribution in [1.82, 2.24) is 4.72 Å². The maximum Gasteiger partial charge on any atom is 0.216 e. The van der Waals surface area contributed by atoms with Crippen LogP contribution in [0.1, 0.15) is 11.1 Å². The van der Waals surface area contributed by atoms with Crippen molar-refractivity contribution in [1.29, 1.82) is 0 Å². The zero-order valence-corrected chi connectivity index (χ0v) is 12.8. The first kappa shape index (κ1) is 15.3. The molecule has 2 aromatic carbocycles. The fraction of sp³-hybridized carbons (Fsp3) is 0.143. The minimum atomic E-state index is -3.41. The summed E-state index contributed by atoms with van der Waals surface area (Å²) in [7, 11) is -3.41. The van der Waals surface area contributed by atoms with Crippen molar-refractivity contribution in [3.05, 3.63) is 69.7 Å². The van der Waals surface area contributed by atoms with Crippen molar-refractivity contribution in [2.45, 2.75) is 12.3 Å². The highest BCUT2D eigenvalue weighted by Crippen LogP contribution is 2.23. The fourth-order valence-corrected chi connectivity index (χ4v) is 3.12. The van der Waals surface area contributed by atoms with Crippen LogP contribution in [-0.4, -0.2) is 8.42 Å². The lowest BCUT2D eigenvalue weighted by Crippen LogP contribution is -2.24. The summed E-state index contributed by atoms with van der Waals surface area (Å²) in [6.07, 6.45) is 0. The van der Waals surface area contributed by atoms with Crippen molar-refractivity contribution in [2.75, 3.05) is 0 Å². The monoisotopic (exact) mass is 329 g/mol. The van der Waals surface area contributed by atoms with Gasteiger partial charge in [-0.2, -0.15) is 0 Å². The van der Waals surface area contributed by atoms with Crippen LogP contribution in [0.3, 0.4) is 0 Å². The zero-order valence-electron chi connectivity index (χ0n) is 10.5. The number of hydrogen-bond acceptors (Lipinski definition) is 2. The van der Waals surface area contributed by atoms with Gasteiger partial charge in [0.15, 0.2) is 0 Å². The molecule has 0 atom stereocenters. The predicted molar refractivity (Wildman–Crippen MR) is 82.4 cm³/mol. The molecule has 0 heterocycles. The lowest BCUT2D eigenvalue weighted by molar-refractivity contribution is 0.580. The van der Waals surface area contributed by atoms with E-state index in [1.807, 2.05) is 30.3 Å². The van der Waals surface area contributed by atoms with Gasteiger partial charge in [-0.15, -0.1) is 0 Å². The van der Waals surface area contributed by atoms with E-state index < -0.39 is 10.0 Å². The Bertz CT molecular complexity index is 688. The largest absolute Gasteiger partial charge is 0.216 e. The van der Waals surface area contributed by atoms with Crippen LogP contribution in [0.4, 0.5) is 0 Å². The van der Waals surface area contributed by atoms with Crippen LogP contribution in [0.25, 0.3) is 0 Å². The first-order chi connectivity index (χ1) is 9.46. The second-order valence-corrected chi connectivity index (χ2v) is 6.94. The lowest BCUT2D eigenvalue weighted by atomic mass is 10.2. The molecule has 2 rings (SSSR count). The number of halogens is 2. The van der Waals surface area contributed by atoms with E-state index in [4.69, 9.17) is 23.2 Å². The number of hydrogen-bond donors (Lipinski definition) is 1. The minimum Gasteiger partial charge on any atom is -0.212 e. The molecule has 106 valence electrons. The van der Waals surface area contributed by atoms with Crippen molar-refractivity contribution in [3.8, 4) is 0 Å². The van der Waals surface area contributed by atoms with E-state index >= 15 is 0 Å². The molecule has 0 bridgehead atoms. The van der Waals surface area contributed by atoms with Crippen LogP contribution in [0.15, 0.2) is 48.5 Å². The molecule has 0 amide bonds. The third kappa shape index (κ3) is 4.49. The van der Waals surface area contributed by atoms with Crippen molar-refractivity contribution in [3.63, 3.8) is 0 Å². The van der Waals surface area contributed by atoms with Crippen molar-refractivity contribution < 1.29 is 8.42 Å². The average molecular weight is 330 g/mol. The second kappa shape index (κ2) is 6.59. The van der Waals surface area contributed by atoms with E-state index in [0.717, 1.165) is 5.56 Å². The van der Waals surface area contributed by atoms with Crippen LogP contribution >= 0.6 is 23.2 Å².